The third-order valence-corrected chi connectivity index (χ3v) is 2.53. The maximum Gasteiger partial charge on any atom is 0.169 e. The van der Waals surface area contributed by atoms with E-state index in [9.17, 15) is 0 Å². The van der Waals surface area contributed by atoms with Gasteiger partial charge >= 0.3 is 0 Å². The van der Waals surface area contributed by atoms with Crippen LogP contribution in [-0.2, 0) is 0 Å². The number of furan rings is 1. The second kappa shape index (κ2) is 4.49. The van der Waals surface area contributed by atoms with E-state index in [1.54, 1.807) is 0 Å². The summed E-state index contributed by atoms with van der Waals surface area (Å²) in [5, 5.41) is 3.27. The number of nitrogens with one attached hydrogen (secondary N) is 1. The molecule has 0 spiro atoms. The van der Waals surface area contributed by atoms with Gasteiger partial charge in [0.1, 0.15) is 5.76 Å². The third-order valence-electron chi connectivity index (χ3n) is 2.10. The van der Waals surface area contributed by atoms with Crippen LogP contribution in [0.5, 0.6) is 0 Å². The van der Waals surface area contributed by atoms with Crippen LogP contribution in [0, 0.1) is 5.41 Å². The molecule has 1 aromatic heterocycles. The van der Waals surface area contributed by atoms with Crippen molar-refractivity contribution in [2.45, 2.75) is 33.2 Å². The van der Waals surface area contributed by atoms with Crippen LogP contribution in [0.3, 0.4) is 0 Å². The van der Waals surface area contributed by atoms with Crippen LogP contribution in [0.2, 0.25) is 0 Å². The van der Waals surface area contributed by atoms with E-state index in [-0.39, 0.29) is 0 Å². The van der Waals surface area contributed by atoms with Gasteiger partial charge in [-0.25, -0.2) is 0 Å². The van der Waals surface area contributed by atoms with Gasteiger partial charge in [-0.2, -0.15) is 0 Å². The van der Waals surface area contributed by atoms with Crippen LogP contribution < -0.4 is 5.32 Å². The van der Waals surface area contributed by atoms with Crippen molar-refractivity contribution in [3.63, 3.8) is 0 Å². The van der Waals surface area contributed by atoms with Crippen molar-refractivity contribution in [2.24, 2.45) is 5.41 Å². The van der Waals surface area contributed by atoms with Gasteiger partial charge in [-0.3, -0.25) is 0 Å². The van der Waals surface area contributed by atoms with Crippen LogP contribution in [0.15, 0.2) is 21.2 Å². The topological polar surface area (TPSA) is 25.2 Å². The van der Waals surface area contributed by atoms with Crippen molar-refractivity contribution in [3.8, 4) is 0 Å². The summed E-state index contributed by atoms with van der Waals surface area (Å²) in [6.07, 6.45) is 1.06. The predicted molar refractivity (Wildman–Crippen MR) is 62.3 cm³/mol. The normalized spacial score (nSPS) is 14.4. The molecule has 0 aliphatic carbocycles. The molecule has 0 saturated carbocycles. The Balaban J connectivity index is 2.72. The molecule has 0 aliphatic rings. The van der Waals surface area contributed by atoms with Crippen molar-refractivity contribution in [3.05, 3.63) is 22.6 Å². The Morgan fingerprint density at radius 3 is 2.43 bits per heavy atom. The van der Waals surface area contributed by atoms with Crippen LogP contribution in [0.1, 0.15) is 39.0 Å². The lowest BCUT2D eigenvalue weighted by Crippen LogP contribution is -2.21. The molecule has 0 fully saturated rings. The van der Waals surface area contributed by atoms with Gasteiger partial charge in [-0.1, -0.05) is 20.8 Å². The minimum atomic E-state index is 0.293. The van der Waals surface area contributed by atoms with E-state index in [2.05, 4.69) is 42.0 Å². The zero-order chi connectivity index (χ0) is 10.8. The van der Waals surface area contributed by atoms with Crippen LogP contribution >= 0.6 is 15.9 Å². The summed E-state index contributed by atoms with van der Waals surface area (Å²) >= 11 is 3.31. The Hall–Kier alpha value is -0.280. The maximum absolute atomic E-state index is 5.54. The van der Waals surface area contributed by atoms with Crippen LogP contribution in [0.25, 0.3) is 0 Å². The van der Waals surface area contributed by atoms with Gasteiger partial charge in [0.05, 0.1) is 6.04 Å². The Morgan fingerprint density at radius 1 is 1.43 bits per heavy atom. The molecule has 0 saturated heterocycles. The molecule has 1 atom stereocenters. The average Bonchev–Trinajstić information content (AvgIpc) is 2.46. The number of halogens is 1. The molecule has 1 unspecified atom stereocenters. The van der Waals surface area contributed by atoms with E-state index >= 15 is 0 Å². The molecule has 80 valence electrons. The zero-order valence-corrected chi connectivity index (χ0v) is 10.8. The van der Waals surface area contributed by atoms with Gasteiger partial charge in [0.15, 0.2) is 4.67 Å². The number of rotatable bonds is 3. The lowest BCUT2D eigenvalue weighted by Gasteiger charge is -2.24. The summed E-state index contributed by atoms with van der Waals surface area (Å²) in [5.41, 5.74) is 0.299. The van der Waals surface area contributed by atoms with Gasteiger partial charge in [0.2, 0.25) is 0 Å². The van der Waals surface area contributed by atoms with E-state index in [0.717, 1.165) is 16.9 Å². The lowest BCUT2D eigenvalue weighted by atomic mass is 9.87. The van der Waals surface area contributed by atoms with Gasteiger partial charge in [-0.15, -0.1) is 0 Å². The van der Waals surface area contributed by atoms with Crippen LogP contribution in [0.4, 0.5) is 0 Å². The van der Waals surface area contributed by atoms with E-state index in [1.807, 2.05) is 19.2 Å². The molecular weight excluding hydrogens is 242 g/mol. The van der Waals surface area contributed by atoms with Gasteiger partial charge in [0, 0.05) is 0 Å². The first-order valence-corrected chi connectivity index (χ1v) is 5.64. The van der Waals surface area contributed by atoms with E-state index in [1.165, 1.54) is 0 Å². The largest absolute Gasteiger partial charge is 0.453 e. The predicted octanol–water partition coefficient (Wildman–Crippen LogP) is 3.74. The minimum absolute atomic E-state index is 0.293. The third kappa shape index (κ3) is 3.46. The summed E-state index contributed by atoms with van der Waals surface area (Å²) in [6, 6.07) is 4.24. The van der Waals surface area contributed by atoms with Crippen molar-refractivity contribution < 1.29 is 4.42 Å². The smallest absolute Gasteiger partial charge is 0.169 e. The highest BCUT2D eigenvalue weighted by molar-refractivity contribution is 9.10. The minimum Gasteiger partial charge on any atom is -0.453 e. The van der Waals surface area contributed by atoms with E-state index < -0.39 is 0 Å². The Kier molecular flexibility index (Phi) is 3.78. The van der Waals surface area contributed by atoms with Crippen molar-refractivity contribution >= 4 is 15.9 Å². The number of hydrogen-bond acceptors (Lipinski definition) is 2. The van der Waals surface area contributed by atoms with Crippen molar-refractivity contribution in [1.82, 2.24) is 5.32 Å². The van der Waals surface area contributed by atoms with Crippen molar-refractivity contribution in [1.29, 1.82) is 0 Å². The monoisotopic (exact) mass is 259 g/mol. The molecule has 0 radical (unpaired) electrons. The summed E-state index contributed by atoms with van der Waals surface area (Å²) in [6.45, 7) is 6.69. The average molecular weight is 260 g/mol. The fourth-order valence-corrected chi connectivity index (χ4v) is 1.79. The first-order chi connectivity index (χ1) is 6.42. The van der Waals surface area contributed by atoms with Crippen molar-refractivity contribution in [2.75, 3.05) is 7.05 Å². The molecule has 0 aliphatic heterocycles. The fraction of sp³-hybridized carbons (Fsp3) is 0.636. The molecular formula is C11H18BrNO. The number of hydrogen-bond donors (Lipinski definition) is 1. The summed E-state index contributed by atoms with van der Waals surface area (Å²) < 4.78 is 6.33. The quantitative estimate of drug-likeness (QED) is 0.895. The Morgan fingerprint density at radius 2 is 2.07 bits per heavy atom. The molecule has 1 rings (SSSR count). The standard InChI is InChI=1S/C11H18BrNO/c1-11(2,3)7-8(13-4)9-5-6-10(12)14-9/h5-6,8,13H,7H2,1-4H3. The summed E-state index contributed by atoms with van der Waals surface area (Å²) in [7, 11) is 1.97. The molecule has 14 heavy (non-hydrogen) atoms. The zero-order valence-electron chi connectivity index (χ0n) is 9.23. The second-order valence-corrected chi connectivity index (χ2v) is 5.53. The maximum atomic E-state index is 5.54. The molecule has 0 bridgehead atoms. The molecule has 2 nitrogen and oxygen atoms in total. The van der Waals surface area contributed by atoms with Gasteiger partial charge in [0.25, 0.3) is 0 Å². The van der Waals surface area contributed by atoms with Crippen LogP contribution in [-0.4, -0.2) is 7.05 Å². The molecule has 1 aromatic rings. The highest BCUT2D eigenvalue weighted by Crippen LogP contribution is 2.30. The first kappa shape index (κ1) is 11.8. The Bertz CT molecular complexity index is 288. The summed E-state index contributed by atoms with van der Waals surface area (Å²) in [5.74, 6) is 0.995. The molecule has 0 amide bonds. The molecule has 0 aromatic carbocycles. The van der Waals surface area contributed by atoms with Gasteiger partial charge in [-0.05, 0) is 46.9 Å². The highest BCUT2D eigenvalue weighted by Gasteiger charge is 2.21. The fourth-order valence-electron chi connectivity index (χ4n) is 1.47. The van der Waals surface area contributed by atoms with Gasteiger partial charge < -0.3 is 9.73 Å². The lowest BCUT2D eigenvalue weighted by molar-refractivity contribution is 0.290. The summed E-state index contributed by atoms with van der Waals surface area (Å²) in [4.78, 5) is 0. The Labute approximate surface area is 94.2 Å². The SMILES string of the molecule is CNC(CC(C)(C)C)c1ccc(Br)o1. The molecule has 3 heteroatoms. The highest BCUT2D eigenvalue weighted by atomic mass is 79.9. The second-order valence-electron chi connectivity index (χ2n) is 4.75. The van der Waals surface area contributed by atoms with E-state index in [0.29, 0.717) is 11.5 Å². The molecule has 1 heterocycles. The van der Waals surface area contributed by atoms with E-state index in [4.69, 9.17) is 4.42 Å². The molecule has 1 N–H and O–H groups in total. The first-order valence-electron chi connectivity index (χ1n) is 4.85.